The van der Waals surface area contributed by atoms with Gasteiger partial charge in [0.2, 0.25) is 0 Å². The third kappa shape index (κ3) is 12.4. The van der Waals surface area contributed by atoms with E-state index in [0.29, 0.717) is 143 Å². The molecule has 0 radical (unpaired) electrons. The van der Waals surface area contributed by atoms with Crippen molar-refractivity contribution in [2.24, 2.45) is 114 Å². The summed E-state index contributed by atoms with van der Waals surface area (Å²) >= 11 is 0. The smallest absolute Gasteiger partial charge is 0.312 e. The number of nitrogens with zero attached hydrogens (tertiary/aromatic N) is 2. The molecule has 100 heavy (non-hydrogen) atoms. The quantitative estimate of drug-likeness (QED) is 0.112. The van der Waals surface area contributed by atoms with Crippen LogP contribution in [0.15, 0.2) is 70.9 Å². The van der Waals surface area contributed by atoms with Crippen LogP contribution in [0, 0.1) is 114 Å². The first-order valence-corrected chi connectivity index (χ1v) is 44.5. The zero-order chi connectivity index (χ0) is 71.8. The van der Waals surface area contributed by atoms with Gasteiger partial charge in [0.15, 0.2) is 19.7 Å². The average Bonchev–Trinajstić information content (AvgIpc) is 1.01. The van der Waals surface area contributed by atoms with Crippen molar-refractivity contribution in [1.29, 1.82) is 0 Å². The van der Waals surface area contributed by atoms with Gasteiger partial charge in [-0.1, -0.05) is 118 Å². The standard InChI is InChI=1S/2C43H68N2O4S/c2*1-9-49-38(46)31-11-10-30(28-31)33-15-17-40(6)35(39(33,4)5)16-18-42(8)36(40)13-12-34-37-32(29(2)3)14-19-43(37,21-20-41(34,42)7)44-22-23-45-24-26-50(47,48)27-25-45/h15,28,31-32,34-37,44H,2,9-14,16-27H2,1,3-8H3;10,15,31-32,34-37,44H,2,9,11-14,16-28H2,1,3-8H3/t2*31?,32-,34+,35-,36+,37+,40-,41+,42+,43-/m00/s1. The summed E-state index contributed by atoms with van der Waals surface area (Å²) in [7, 11) is -5.71. The van der Waals surface area contributed by atoms with Gasteiger partial charge in [-0.3, -0.25) is 9.59 Å². The van der Waals surface area contributed by atoms with E-state index in [1.165, 1.54) is 136 Å². The number of hydrogen-bond donors (Lipinski definition) is 2. The molecule has 12 nitrogen and oxygen atoms in total. The lowest BCUT2D eigenvalue weighted by Gasteiger charge is -2.72. The molecule has 20 atom stereocenters. The van der Waals surface area contributed by atoms with Crippen LogP contribution >= 0.6 is 0 Å². The van der Waals surface area contributed by atoms with Crippen molar-refractivity contribution in [3.05, 3.63) is 70.9 Å². The summed E-state index contributed by atoms with van der Waals surface area (Å²) in [6, 6.07) is 0. The molecule has 14 aliphatic rings. The second kappa shape index (κ2) is 27.1. The van der Waals surface area contributed by atoms with Crippen molar-refractivity contribution < 1.29 is 35.9 Å². The number of carbonyl (C=O) groups is 2. The number of ether oxygens (including phenoxy) is 2. The zero-order valence-electron chi connectivity index (χ0n) is 65.1. The van der Waals surface area contributed by atoms with Gasteiger partial charge in [-0.15, -0.1) is 0 Å². The molecule has 14 heteroatoms. The summed E-state index contributed by atoms with van der Waals surface area (Å²) in [5.74, 6) is 7.52. The maximum atomic E-state index is 12.6. The summed E-state index contributed by atoms with van der Waals surface area (Å²) in [6.45, 7) is 51.3. The van der Waals surface area contributed by atoms with E-state index in [9.17, 15) is 26.4 Å². The maximum absolute atomic E-state index is 12.6. The molecule has 0 aromatic rings. The average molecular weight is 1420 g/mol. The van der Waals surface area contributed by atoms with Gasteiger partial charge >= 0.3 is 11.9 Å². The molecule has 2 heterocycles. The monoisotopic (exact) mass is 1420 g/mol. The number of hydrogen-bond acceptors (Lipinski definition) is 12. The van der Waals surface area contributed by atoms with Crippen LogP contribution in [-0.2, 0) is 38.7 Å². The fourth-order valence-electron chi connectivity index (χ4n) is 28.8. The van der Waals surface area contributed by atoms with Crippen LogP contribution in [0.3, 0.4) is 0 Å². The zero-order valence-corrected chi connectivity index (χ0v) is 66.7. The first-order valence-electron chi connectivity index (χ1n) is 40.8. The van der Waals surface area contributed by atoms with Gasteiger partial charge in [0.25, 0.3) is 0 Å². The number of allylic oxidation sites excluding steroid dienone is 9. The SMILES string of the molecule is C=C(C)[C@@H]1CC[C@]2(NCCN3CCS(=O)(=O)CC3)CC[C@]3(C)[C@H](CC[C@@H]4[C@@]5(C)CC=C(C6=CC(C(=O)OCC)CC6)C(C)(C)[C@@H]5CC[C@]43C)[C@@H]12.C=C(C)[C@@H]1CC[C@]2(NCCN3CCS(=O)(=O)CC3)CC[C@]3(C)[C@H](CC[C@@H]4[C@@]5(C)CC=C(C6=CCC(C(=O)OCC)C6)C(C)(C)[C@@H]5CC[C@]43C)[C@@H]12. The van der Waals surface area contributed by atoms with Crippen molar-refractivity contribution in [3.63, 3.8) is 0 Å². The lowest BCUT2D eigenvalue weighted by molar-refractivity contribution is -0.221. The highest BCUT2D eigenvalue weighted by atomic mass is 32.2. The lowest BCUT2D eigenvalue weighted by Crippen LogP contribution is -2.68. The van der Waals surface area contributed by atoms with Gasteiger partial charge in [-0.05, 0) is 294 Å². The van der Waals surface area contributed by atoms with Gasteiger partial charge in [-0.2, -0.15) is 0 Å². The van der Waals surface area contributed by atoms with Gasteiger partial charge in [-0.25, -0.2) is 16.8 Å². The van der Waals surface area contributed by atoms with E-state index in [-0.39, 0.29) is 56.5 Å². The molecule has 14 rings (SSSR count). The second-order valence-corrected chi connectivity index (χ2v) is 43.4. The minimum absolute atomic E-state index is 0.0186. The molecule has 12 aliphatic carbocycles. The fraction of sp³-hybridized carbons (Fsp3) is 0.837. The fourth-order valence-corrected chi connectivity index (χ4v) is 31.4. The highest BCUT2D eigenvalue weighted by Gasteiger charge is 2.73. The van der Waals surface area contributed by atoms with Gasteiger partial charge in [0.1, 0.15) is 0 Å². The molecule has 0 aromatic carbocycles. The number of fused-ring (bicyclic) bond motifs is 14. The first kappa shape index (κ1) is 75.4. The Labute approximate surface area is 607 Å². The van der Waals surface area contributed by atoms with E-state index in [4.69, 9.17) is 9.47 Å². The van der Waals surface area contributed by atoms with Crippen LogP contribution in [-0.4, -0.2) is 138 Å². The molecule has 0 spiro atoms. The van der Waals surface area contributed by atoms with Gasteiger partial charge in [0, 0.05) is 63.4 Å². The topological polar surface area (TPSA) is 151 Å². The van der Waals surface area contributed by atoms with E-state index in [2.05, 4.69) is 141 Å². The van der Waals surface area contributed by atoms with Crippen LogP contribution in [0.4, 0.5) is 0 Å². The Hall–Kier alpha value is -2.88. The predicted octanol–water partition coefficient (Wildman–Crippen LogP) is 16.3. The Kier molecular flexibility index (Phi) is 20.4. The number of sulfone groups is 2. The summed E-state index contributed by atoms with van der Waals surface area (Å²) in [5, 5.41) is 8.45. The highest BCUT2D eigenvalue weighted by Crippen LogP contribution is 2.79. The van der Waals surface area contributed by atoms with Crippen LogP contribution in [0.2, 0.25) is 0 Å². The molecule has 0 aromatic heterocycles. The lowest BCUT2D eigenvalue weighted by atomic mass is 9.33. The predicted molar refractivity (Wildman–Crippen MR) is 407 cm³/mol. The molecule has 2 aliphatic heterocycles. The Morgan fingerprint density at radius 1 is 0.510 bits per heavy atom. The summed E-state index contributed by atoms with van der Waals surface area (Å²) in [4.78, 5) is 30.0. The number of carbonyl (C=O) groups excluding carboxylic acids is 2. The van der Waals surface area contributed by atoms with Crippen molar-refractivity contribution in [1.82, 2.24) is 20.4 Å². The molecule has 8 saturated carbocycles. The van der Waals surface area contributed by atoms with Crippen LogP contribution in [0.1, 0.15) is 238 Å². The Morgan fingerprint density at radius 3 is 1.37 bits per heavy atom. The van der Waals surface area contributed by atoms with Crippen LogP contribution in [0.25, 0.3) is 0 Å². The van der Waals surface area contributed by atoms with Crippen molar-refractivity contribution in [3.8, 4) is 0 Å². The molecule has 10 fully saturated rings. The minimum atomic E-state index is -2.85. The van der Waals surface area contributed by atoms with E-state index in [1.807, 2.05) is 13.8 Å². The maximum Gasteiger partial charge on any atom is 0.312 e. The number of rotatable bonds is 16. The second-order valence-electron chi connectivity index (χ2n) is 38.8. The van der Waals surface area contributed by atoms with Gasteiger partial charge < -0.3 is 29.9 Å². The minimum Gasteiger partial charge on any atom is -0.466 e. The summed E-state index contributed by atoms with van der Waals surface area (Å²) < 4.78 is 59.0. The van der Waals surface area contributed by atoms with Crippen molar-refractivity contribution >= 4 is 31.6 Å². The number of nitrogens with one attached hydrogen (secondary N) is 2. The molecule has 2 N–H and O–H groups in total. The molecular weight excluding hydrogens is 1280 g/mol. The molecular formula is C86H136N4O8S2. The van der Waals surface area contributed by atoms with E-state index < -0.39 is 19.7 Å². The van der Waals surface area contributed by atoms with Crippen molar-refractivity contribution in [2.45, 2.75) is 249 Å². The molecule has 560 valence electrons. The summed E-state index contributed by atoms with van der Waals surface area (Å²) in [5.41, 5.74) is 10.9. The van der Waals surface area contributed by atoms with E-state index in [0.717, 1.165) is 64.7 Å². The van der Waals surface area contributed by atoms with Crippen LogP contribution in [0.5, 0.6) is 0 Å². The van der Waals surface area contributed by atoms with Gasteiger partial charge in [0.05, 0.1) is 48.1 Å². The number of esters is 2. The largest absolute Gasteiger partial charge is 0.466 e. The summed E-state index contributed by atoms with van der Waals surface area (Å²) in [6.07, 6.45) is 36.3. The van der Waals surface area contributed by atoms with Crippen molar-refractivity contribution in [2.75, 3.05) is 88.6 Å². The Bertz CT molecular complexity index is 3520. The molecule has 0 bridgehead atoms. The molecule has 0 amide bonds. The molecule has 2 saturated heterocycles. The first-order chi connectivity index (χ1) is 47.0. The Balaban J connectivity index is 0.000000179. The Morgan fingerprint density at radius 2 is 0.940 bits per heavy atom. The third-order valence-electron chi connectivity index (χ3n) is 34.1. The van der Waals surface area contributed by atoms with E-state index >= 15 is 0 Å². The van der Waals surface area contributed by atoms with Crippen LogP contribution < -0.4 is 10.6 Å². The normalized spacial score (nSPS) is 44.9. The highest BCUT2D eigenvalue weighted by molar-refractivity contribution is 7.91. The molecule has 2 unspecified atom stereocenters. The van der Waals surface area contributed by atoms with E-state index in [1.54, 1.807) is 0 Å². The third-order valence-corrected chi connectivity index (χ3v) is 37.3.